The lowest BCUT2D eigenvalue weighted by Gasteiger charge is -2.12. The lowest BCUT2D eigenvalue weighted by Crippen LogP contribution is -2.27. The molecule has 0 aromatic carbocycles. The second-order valence-corrected chi connectivity index (χ2v) is 5.07. The molecule has 2 aromatic heterocycles. The van der Waals surface area contributed by atoms with Gasteiger partial charge in [0.25, 0.3) is 0 Å². The predicted molar refractivity (Wildman–Crippen MR) is 75.1 cm³/mol. The number of pyridine rings is 1. The fourth-order valence-electron chi connectivity index (χ4n) is 1.78. The van der Waals surface area contributed by atoms with Gasteiger partial charge < -0.3 is 10.1 Å². The first-order valence-electron chi connectivity index (χ1n) is 6.02. The third kappa shape index (κ3) is 3.82. The van der Waals surface area contributed by atoms with Crippen LogP contribution in [0.25, 0.3) is 0 Å². The van der Waals surface area contributed by atoms with Crippen molar-refractivity contribution in [2.45, 2.75) is 25.9 Å². The van der Waals surface area contributed by atoms with Gasteiger partial charge in [0.05, 0.1) is 12.8 Å². The first-order valence-corrected chi connectivity index (χ1v) is 6.96. The van der Waals surface area contributed by atoms with Crippen molar-refractivity contribution in [3.05, 3.63) is 46.3 Å². The molecule has 0 amide bonds. The summed E-state index contributed by atoms with van der Waals surface area (Å²) in [7, 11) is 1.64. The Morgan fingerprint density at radius 3 is 3.00 bits per heavy atom. The lowest BCUT2D eigenvalue weighted by molar-refractivity contribution is 0.395. The van der Waals surface area contributed by atoms with E-state index in [1.807, 2.05) is 18.2 Å². The van der Waals surface area contributed by atoms with Gasteiger partial charge in [0.2, 0.25) is 5.88 Å². The number of thiophene rings is 1. The highest BCUT2D eigenvalue weighted by Gasteiger charge is 2.04. The van der Waals surface area contributed by atoms with Gasteiger partial charge in [-0.2, -0.15) is 11.3 Å². The van der Waals surface area contributed by atoms with E-state index >= 15 is 0 Å². The molecule has 0 fully saturated rings. The van der Waals surface area contributed by atoms with E-state index in [1.54, 1.807) is 18.4 Å². The van der Waals surface area contributed by atoms with Gasteiger partial charge in [-0.05, 0) is 41.8 Å². The Labute approximate surface area is 112 Å². The molecule has 1 unspecified atom stereocenters. The molecule has 3 nitrogen and oxygen atoms in total. The van der Waals surface area contributed by atoms with Gasteiger partial charge in [-0.25, -0.2) is 4.98 Å². The van der Waals surface area contributed by atoms with Crippen LogP contribution in [-0.2, 0) is 13.0 Å². The molecular formula is C14H18N2OS. The van der Waals surface area contributed by atoms with Crippen LogP contribution >= 0.6 is 11.3 Å². The number of aromatic nitrogens is 1. The molecule has 0 aliphatic heterocycles. The highest BCUT2D eigenvalue weighted by molar-refractivity contribution is 7.07. The fourth-order valence-corrected chi connectivity index (χ4v) is 2.46. The van der Waals surface area contributed by atoms with Crippen molar-refractivity contribution < 1.29 is 4.74 Å². The number of hydrogen-bond donors (Lipinski definition) is 1. The summed E-state index contributed by atoms with van der Waals surface area (Å²) in [6.45, 7) is 2.96. The van der Waals surface area contributed by atoms with Crippen LogP contribution in [0.4, 0.5) is 0 Å². The maximum Gasteiger partial charge on any atom is 0.213 e. The van der Waals surface area contributed by atoms with Crippen LogP contribution in [0.2, 0.25) is 0 Å². The number of hydrogen-bond acceptors (Lipinski definition) is 4. The average molecular weight is 262 g/mol. The molecule has 0 bridgehead atoms. The normalized spacial score (nSPS) is 12.3. The van der Waals surface area contributed by atoms with E-state index in [1.165, 1.54) is 5.56 Å². The van der Waals surface area contributed by atoms with E-state index in [0.29, 0.717) is 11.9 Å². The summed E-state index contributed by atoms with van der Waals surface area (Å²) in [5.74, 6) is 0.666. The van der Waals surface area contributed by atoms with Crippen molar-refractivity contribution in [3.8, 4) is 5.88 Å². The summed E-state index contributed by atoms with van der Waals surface area (Å²) in [5, 5.41) is 7.79. The van der Waals surface area contributed by atoms with Crippen LogP contribution in [0.1, 0.15) is 18.2 Å². The molecule has 96 valence electrons. The first kappa shape index (κ1) is 13.1. The summed E-state index contributed by atoms with van der Waals surface area (Å²) in [4.78, 5) is 4.38. The van der Waals surface area contributed by atoms with Gasteiger partial charge in [-0.1, -0.05) is 6.07 Å². The second-order valence-electron chi connectivity index (χ2n) is 4.29. The lowest BCUT2D eigenvalue weighted by atomic mass is 10.1. The van der Waals surface area contributed by atoms with Gasteiger partial charge in [0, 0.05) is 18.7 Å². The molecule has 2 aromatic rings. The first-order chi connectivity index (χ1) is 8.78. The van der Waals surface area contributed by atoms with E-state index in [4.69, 9.17) is 4.74 Å². The highest BCUT2D eigenvalue weighted by Crippen LogP contribution is 2.10. The molecule has 0 saturated carbocycles. The summed E-state index contributed by atoms with van der Waals surface area (Å²) in [6.07, 6.45) is 1.05. The van der Waals surface area contributed by atoms with Gasteiger partial charge in [-0.3, -0.25) is 0 Å². The van der Waals surface area contributed by atoms with Crippen molar-refractivity contribution >= 4 is 11.3 Å². The summed E-state index contributed by atoms with van der Waals surface area (Å²) in [6, 6.07) is 8.44. The van der Waals surface area contributed by atoms with Crippen molar-refractivity contribution in [2.24, 2.45) is 0 Å². The van der Waals surface area contributed by atoms with E-state index in [0.717, 1.165) is 18.7 Å². The number of rotatable bonds is 6. The topological polar surface area (TPSA) is 34.1 Å². The molecular weight excluding hydrogens is 244 g/mol. The van der Waals surface area contributed by atoms with Gasteiger partial charge in [0.15, 0.2) is 0 Å². The number of nitrogens with zero attached hydrogens (tertiary/aromatic N) is 1. The maximum absolute atomic E-state index is 5.11. The number of ether oxygens (including phenoxy) is 1. The Morgan fingerprint density at radius 2 is 2.28 bits per heavy atom. The minimum Gasteiger partial charge on any atom is -0.481 e. The monoisotopic (exact) mass is 262 g/mol. The smallest absolute Gasteiger partial charge is 0.213 e. The Bertz CT molecular complexity index is 470. The minimum absolute atomic E-state index is 0.438. The molecule has 0 aliphatic rings. The zero-order chi connectivity index (χ0) is 12.8. The van der Waals surface area contributed by atoms with Gasteiger partial charge in [0.1, 0.15) is 0 Å². The molecule has 2 rings (SSSR count). The third-order valence-electron chi connectivity index (χ3n) is 2.74. The van der Waals surface area contributed by atoms with E-state index in [-0.39, 0.29) is 0 Å². The molecule has 0 spiro atoms. The SMILES string of the molecule is COc1cccc(CNC(C)Cc2ccsc2)n1. The molecule has 0 aliphatic carbocycles. The fraction of sp³-hybridized carbons (Fsp3) is 0.357. The average Bonchev–Trinajstić information content (AvgIpc) is 2.89. The molecule has 0 radical (unpaired) electrons. The van der Waals surface area contributed by atoms with Crippen LogP contribution in [-0.4, -0.2) is 18.1 Å². The standard InChI is InChI=1S/C14H18N2OS/c1-11(8-12-6-7-18-10-12)15-9-13-4-3-5-14(16-13)17-2/h3-7,10-11,15H,8-9H2,1-2H3. The second kappa shape index (κ2) is 6.52. The molecule has 18 heavy (non-hydrogen) atoms. The van der Waals surface area contributed by atoms with Crippen molar-refractivity contribution in [1.29, 1.82) is 0 Å². The van der Waals surface area contributed by atoms with Crippen molar-refractivity contribution in [2.75, 3.05) is 7.11 Å². The highest BCUT2D eigenvalue weighted by atomic mass is 32.1. The van der Waals surface area contributed by atoms with Crippen LogP contribution in [0, 0.1) is 0 Å². The Kier molecular flexibility index (Phi) is 4.73. The quantitative estimate of drug-likeness (QED) is 0.869. The Balaban J connectivity index is 1.83. The third-order valence-corrected chi connectivity index (χ3v) is 3.48. The van der Waals surface area contributed by atoms with Crippen molar-refractivity contribution in [3.63, 3.8) is 0 Å². The Morgan fingerprint density at radius 1 is 1.39 bits per heavy atom. The van der Waals surface area contributed by atoms with E-state index in [9.17, 15) is 0 Å². The molecule has 0 saturated heterocycles. The molecule has 2 heterocycles. The summed E-state index contributed by atoms with van der Waals surface area (Å²) >= 11 is 1.74. The number of methoxy groups -OCH3 is 1. The summed E-state index contributed by atoms with van der Waals surface area (Å²) in [5.41, 5.74) is 2.39. The maximum atomic E-state index is 5.11. The van der Waals surface area contributed by atoms with E-state index < -0.39 is 0 Å². The van der Waals surface area contributed by atoms with Crippen LogP contribution in [0.5, 0.6) is 5.88 Å². The Hall–Kier alpha value is -1.39. The van der Waals surface area contributed by atoms with Crippen molar-refractivity contribution in [1.82, 2.24) is 10.3 Å². The van der Waals surface area contributed by atoms with Crippen LogP contribution in [0.15, 0.2) is 35.0 Å². The predicted octanol–water partition coefficient (Wildman–Crippen LogP) is 2.87. The zero-order valence-corrected chi connectivity index (χ0v) is 11.5. The largest absolute Gasteiger partial charge is 0.481 e. The van der Waals surface area contributed by atoms with E-state index in [2.05, 4.69) is 34.1 Å². The molecule has 1 atom stereocenters. The molecule has 4 heteroatoms. The zero-order valence-electron chi connectivity index (χ0n) is 10.7. The summed E-state index contributed by atoms with van der Waals surface area (Å²) < 4.78 is 5.11. The van der Waals surface area contributed by atoms with Gasteiger partial charge in [-0.15, -0.1) is 0 Å². The minimum atomic E-state index is 0.438. The van der Waals surface area contributed by atoms with Gasteiger partial charge >= 0.3 is 0 Å². The van der Waals surface area contributed by atoms with Crippen LogP contribution in [0.3, 0.4) is 0 Å². The molecule has 1 N–H and O–H groups in total. The van der Waals surface area contributed by atoms with Crippen LogP contribution < -0.4 is 10.1 Å². The number of nitrogens with one attached hydrogen (secondary N) is 1.